The first-order valence-electron chi connectivity index (χ1n) is 7.27. The molecule has 2 aromatic carbocycles. The molecular formula is C18H15FN2O2S. The van der Waals surface area contributed by atoms with E-state index in [1.165, 1.54) is 23.9 Å². The Hall–Kier alpha value is -2.60. The van der Waals surface area contributed by atoms with Crippen molar-refractivity contribution in [3.8, 4) is 5.75 Å². The molecule has 0 unspecified atom stereocenters. The number of anilines is 1. The van der Waals surface area contributed by atoms with Crippen LogP contribution in [0.2, 0.25) is 0 Å². The van der Waals surface area contributed by atoms with Gasteiger partial charge in [-0.3, -0.25) is 9.78 Å². The molecule has 0 bridgehead atoms. The van der Waals surface area contributed by atoms with E-state index in [4.69, 9.17) is 4.74 Å². The van der Waals surface area contributed by atoms with Crippen molar-refractivity contribution < 1.29 is 13.9 Å². The quantitative estimate of drug-likeness (QED) is 0.709. The van der Waals surface area contributed by atoms with Gasteiger partial charge in [0.2, 0.25) is 5.91 Å². The molecule has 1 N–H and O–H groups in total. The zero-order chi connectivity index (χ0) is 16.9. The van der Waals surface area contributed by atoms with Crippen molar-refractivity contribution in [3.63, 3.8) is 0 Å². The third kappa shape index (κ3) is 3.83. The van der Waals surface area contributed by atoms with E-state index >= 15 is 0 Å². The van der Waals surface area contributed by atoms with Gasteiger partial charge in [-0.05, 0) is 36.4 Å². The van der Waals surface area contributed by atoms with Gasteiger partial charge in [0.05, 0.1) is 24.1 Å². The van der Waals surface area contributed by atoms with Crippen molar-refractivity contribution >= 4 is 34.3 Å². The molecule has 24 heavy (non-hydrogen) atoms. The maximum atomic E-state index is 12.9. The average Bonchev–Trinajstić information content (AvgIpc) is 2.61. The summed E-state index contributed by atoms with van der Waals surface area (Å²) in [7, 11) is 1.58. The van der Waals surface area contributed by atoms with Gasteiger partial charge in [0.15, 0.2) is 0 Å². The zero-order valence-corrected chi connectivity index (χ0v) is 13.8. The largest absolute Gasteiger partial charge is 0.497 e. The van der Waals surface area contributed by atoms with Crippen molar-refractivity contribution in [1.82, 2.24) is 4.98 Å². The van der Waals surface area contributed by atoms with E-state index in [9.17, 15) is 9.18 Å². The van der Waals surface area contributed by atoms with Gasteiger partial charge in [0.1, 0.15) is 11.6 Å². The lowest BCUT2D eigenvalue weighted by Crippen LogP contribution is -2.14. The normalized spacial score (nSPS) is 10.6. The number of methoxy groups -OCH3 is 1. The number of halogens is 1. The van der Waals surface area contributed by atoms with Gasteiger partial charge in [-0.1, -0.05) is 6.07 Å². The molecule has 0 saturated carbocycles. The highest BCUT2D eigenvalue weighted by Gasteiger charge is 2.10. The number of carbonyl (C=O) groups excluding carboxylic acids is 1. The van der Waals surface area contributed by atoms with Crippen molar-refractivity contribution in [1.29, 1.82) is 0 Å². The van der Waals surface area contributed by atoms with Gasteiger partial charge < -0.3 is 10.1 Å². The predicted molar refractivity (Wildman–Crippen MR) is 94.0 cm³/mol. The highest BCUT2D eigenvalue weighted by Crippen LogP contribution is 2.28. The number of ether oxygens (including phenoxy) is 1. The summed E-state index contributed by atoms with van der Waals surface area (Å²) in [6, 6.07) is 13.4. The second kappa shape index (κ2) is 7.31. The Balaban J connectivity index is 1.74. The highest BCUT2D eigenvalue weighted by atomic mass is 32.2. The summed E-state index contributed by atoms with van der Waals surface area (Å²) in [6.07, 6.45) is 1.68. The molecule has 0 aliphatic carbocycles. The first-order chi connectivity index (χ1) is 11.7. The summed E-state index contributed by atoms with van der Waals surface area (Å²) < 4.78 is 18.2. The van der Waals surface area contributed by atoms with Crippen LogP contribution in [0.3, 0.4) is 0 Å². The third-order valence-electron chi connectivity index (χ3n) is 3.37. The molecule has 6 heteroatoms. The number of fused-ring (bicyclic) bond motifs is 1. The van der Waals surface area contributed by atoms with Gasteiger partial charge >= 0.3 is 0 Å². The molecule has 0 atom stereocenters. The van der Waals surface area contributed by atoms with Crippen LogP contribution < -0.4 is 10.1 Å². The minimum atomic E-state index is -0.294. The van der Waals surface area contributed by atoms with Gasteiger partial charge in [0.25, 0.3) is 0 Å². The number of benzene rings is 2. The monoisotopic (exact) mass is 342 g/mol. The number of rotatable bonds is 5. The molecule has 0 fully saturated rings. The molecule has 4 nitrogen and oxygen atoms in total. The van der Waals surface area contributed by atoms with Gasteiger partial charge in [0, 0.05) is 22.5 Å². The lowest BCUT2D eigenvalue weighted by atomic mass is 10.2. The molecular weight excluding hydrogens is 327 g/mol. The van der Waals surface area contributed by atoms with Crippen LogP contribution in [-0.4, -0.2) is 23.8 Å². The van der Waals surface area contributed by atoms with E-state index in [0.29, 0.717) is 17.0 Å². The van der Waals surface area contributed by atoms with Crippen LogP contribution in [-0.2, 0) is 4.79 Å². The molecule has 3 aromatic rings. The molecule has 0 radical (unpaired) electrons. The number of hydrogen-bond acceptors (Lipinski definition) is 4. The van der Waals surface area contributed by atoms with Crippen LogP contribution >= 0.6 is 11.8 Å². The maximum Gasteiger partial charge on any atom is 0.234 e. The van der Waals surface area contributed by atoms with Crippen molar-refractivity contribution in [2.75, 3.05) is 18.2 Å². The van der Waals surface area contributed by atoms with Crippen LogP contribution in [0.25, 0.3) is 10.9 Å². The van der Waals surface area contributed by atoms with Crippen LogP contribution in [0.15, 0.2) is 59.6 Å². The Bertz CT molecular complexity index is 869. The molecule has 0 spiro atoms. The van der Waals surface area contributed by atoms with E-state index in [0.717, 1.165) is 10.3 Å². The van der Waals surface area contributed by atoms with Crippen molar-refractivity contribution in [3.05, 3.63) is 60.5 Å². The Kier molecular flexibility index (Phi) is 4.96. The minimum absolute atomic E-state index is 0.162. The minimum Gasteiger partial charge on any atom is -0.497 e. The number of pyridine rings is 1. The summed E-state index contributed by atoms with van der Waals surface area (Å²) in [5.74, 6) is 0.413. The van der Waals surface area contributed by atoms with Crippen LogP contribution in [0.4, 0.5) is 10.1 Å². The molecule has 3 rings (SSSR count). The smallest absolute Gasteiger partial charge is 0.234 e. The number of nitrogens with one attached hydrogen (secondary N) is 1. The fourth-order valence-electron chi connectivity index (χ4n) is 2.24. The fourth-order valence-corrected chi connectivity index (χ4v) is 2.94. The topological polar surface area (TPSA) is 51.2 Å². The first-order valence-corrected chi connectivity index (χ1v) is 8.25. The second-order valence-corrected chi connectivity index (χ2v) is 6.09. The van der Waals surface area contributed by atoms with E-state index in [-0.39, 0.29) is 17.5 Å². The van der Waals surface area contributed by atoms with Crippen LogP contribution in [0.1, 0.15) is 0 Å². The average molecular weight is 342 g/mol. The SMILES string of the molecule is COc1cc(NC(=O)CSc2ccc(F)cc2)c2ncccc2c1. The van der Waals surface area contributed by atoms with E-state index in [1.807, 2.05) is 18.2 Å². The lowest BCUT2D eigenvalue weighted by Gasteiger charge is -2.10. The van der Waals surface area contributed by atoms with E-state index in [2.05, 4.69) is 10.3 Å². The second-order valence-electron chi connectivity index (χ2n) is 5.04. The number of amides is 1. The number of hydrogen-bond donors (Lipinski definition) is 1. The van der Waals surface area contributed by atoms with Crippen LogP contribution in [0.5, 0.6) is 5.75 Å². The fraction of sp³-hybridized carbons (Fsp3) is 0.111. The Morgan fingerprint density at radius 1 is 1.25 bits per heavy atom. The van der Waals surface area contributed by atoms with E-state index < -0.39 is 0 Å². The molecule has 0 aliphatic rings. The molecule has 1 aromatic heterocycles. The Morgan fingerprint density at radius 2 is 2.04 bits per heavy atom. The van der Waals surface area contributed by atoms with Crippen molar-refractivity contribution in [2.45, 2.75) is 4.90 Å². The Labute approximate surface area is 143 Å². The first kappa shape index (κ1) is 16.3. The van der Waals surface area contributed by atoms with Crippen molar-refractivity contribution in [2.24, 2.45) is 0 Å². The standard InChI is InChI=1S/C18H15FN2O2S/c1-23-14-9-12-3-2-8-20-18(12)16(10-14)21-17(22)11-24-15-6-4-13(19)5-7-15/h2-10H,11H2,1H3,(H,21,22). The molecule has 1 amide bonds. The lowest BCUT2D eigenvalue weighted by molar-refractivity contribution is -0.113. The molecule has 1 heterocycles. The summed E-state index contributed by atoms with van der Waals surface area (Å²) in [4.78, 5) is 17.4. The molecule has 0 aliphatic heterocycles. The maximum absolute atomic E-state index is 12.9. The summed E-state index contributed by atoms with van der Waals surface area (Å²) in [5, 5.41) is 3.75. The molecule has 122 valence electrons. The Morgan fingerprint density at radius 3 is 2.79 bits per heavy atom. The number of thioether (sulfide) groups is 1. The zero-order valence-electron chi connectivity index (χ0n) is 13.0. The number of carbonyl (C=O) groups is 1. The number of nitrogens with zero attached hydrogens (tertiary/aromatic N) is 1. The third-order valence-corrected chi connectivity index (χ3v) is 4.38. The summed E-state index contributed by atoms with van der Waals surface area (Å²) in [5.41, 5.74) is 1.31. The van der Waals surface area contributed by atoms with Gasteiger partial charge in [-0.25, -0.2) is 4.39 Å². The van der Waals surface area contributed by atoms with Gasteiger partial charge in [-0.15, -0.1) is 11.8 Å². The number of aromatic nitrogens is 1. The summed E-state index contributed by atoms with van der Waals surface area (Å²) >= 11 is 1.34. The summed E-state index contributed by atoms with van der Waals surface area (Å²) in [6.45, 7) is 0. The highest BCUT2D eigenvalue weighted by molar-refractivity contribution is 8.00. The molecule has 0 saturated heterocycles. The van der Waals surface area contributed by atoms with Crippen LogP contribution in [0, 0.1) is 5.82 Å². The predicted octanol–water partition coefficient (Wildman–Crippen LogP) is 4.11. The van der Waals surface area contributed by atoms with E-state index in [1.54, 1.807) is 31.5 Å². The van der Waals surface area contributed by atoms with Gasteiger partial charge in [-0.2, -0.15) is 0 Å².